The SMILES string of the molecule is CCC(Nc1ccc(C)cc1[N+](=O)[O-])c1nccs1. The highest BCUT2D eigenvalue weighted by Gasteiger charge is 2.18. The molecule has 1 atom stereocenters. The van der Waals surface area contributed by atoms with Gasteiger partial charge in [0.2, 0.25) is 0 Å². The third kappa shape index (κ3) is 3.08. The maximum absolute atomic E-state index is 11.1. The van der Waals surface area contributed by atoms with Crippen LogP contribution in [0.5, 0.6) is 0 Å². The molecule has 0 spiro atoms. The number of nitrogens with one attached hydrogen (secondary N) is 1. The lowest BCUT2D eigenvalue weighted by molar-refractivity contribution is -0.384. The van der Waals surface area contributed by atoms with E-state index in [2.05, 4.69) is 10.3 Å². The number of aromatic nitrogens is 1. The van der Waals surface area contributed by atoms with E-state index in [-0.39, 0.29) is 16.7 Å². The third-order valence-electron chi connectivity index (χ3n) is 2.84. The lowest BCUT2D eigenvalue weighted by Crippen LogP contribution is -2.10. The molecule has 0 radical (unpaired) electrons. The number of nitrogens with zero attached hydrogens (tertiary/aromatic N) is 2. The Bertz CT molecular complexity index is 569. The van der Waals surface area contributed by atoms with Crippen LogP contribution in [0.2, 0.25) is 0 Å². The van der Waals surface area contributed by atoms with E-state index in [1.807, 2.05) is 25.3 Å². The Morgan fingerprint density at radius 1 is 1.53 bits per heavy atom. The van der Waals surface area contributed by atoms with E-state index in [1.54, 1.807) is 29.7 Å². The molecule has 0 saturated carbocycles. The first-order chi connectivity index (χ1) is 9.11. The fourth-order valence-electron chi connectivity index (χ4n) is 1.85. The van der Waals surface area contributed by atoms with Crippen molar-refractivity contribution in [2.24, 2.45) is 0 Å². The zero-order valence-corrected chi connectivity index (χ0v) is 11.6. The summed E-state index contributed by atoms with van der Waals surface area (Å²) in [5.74, 6) is 0. The monoisotopic (exact) mass is 277 g/mol. The van der Waals surface area contributed by atoms with Crippen LogP contribution in [0.1, 0.15) is 30.0 Å². The molecular weight excluding hydrogens is 262 g/mol. The van der Waals surface area contributed by atoms with Crippen molar-refractivity contribution in [2.45, 2.75) is 26.3 Å². The standard InChI is InChI=1S/C13H15N3O2S/c1-3-10(13-14-6-7-19-13)15-11-5-4-9(2)8-12(11)16(17)18/h4-8,10,15H,3H2,1-2H3. The van der Waals surface area contributed by atoms with Crippen molar-refractivity contribution in [3.8, 4) is 0 Å². The molecule has 1 aromatic heterocycles. The molecule has 0 amide bonds. The summed E-state index contributed by atoms with van der Waals surface area (Å²) in [6, 6.07) is 5.20. The van der Waals surface area contributed by atoms with Crippen molar-refractivity contribution in [1.82, 2.24) is 4.98 Å². The highest BCUT2D eigenvalue weighted by Crippen LogP contribution is 2.30. The topological polar surface area (TPSA) is 68.1 Å². The number of nitro groups is 1. The fraction of sp³-hybridized carbons (Fsp3) is 0.308. The molecule has 100 valence electrons. The van der Waals surface area contributed by atoms with Crippen molar-refractivity contribution in [3.63, 3.8) is 0 Å². The molecule has 1 heterocycles. The van der Waals surface area contributed by atoms with Gasteiger partial charge in [-0.15, -0.1) is 11.3 Å². The van der Waals surface area contributed by atoms with Crippen LogP contribution in [-0.2, 0) is 0 Å². The van der Waals surface area contributed by atoms with Crippen molar-refractivity contribution < 1.29 is 4.92 Å². The largest absolute Gasteiger partial charge is 0.370 e. The number of benzene rings is 1. The maximum atomic E-state index is 11.1. The van der Waals surface area contributed by atoms with E-state index >= 15 is 0 Å². The zero-order chi connectivity index (χ0) is 13.8. The summed E-state index contributed by atoms with van der Waals surface area (Å²) in [6.45, 7) is 3.87. The van der Waals surface area contributed by atoms with Gasteiger partial charge >= 0.3 is 0 Å². The summed E-state index contributed by atoms with van der Waals surface area (Å²) >= 11 is 1.55. The summed E-state index contributed by atoms with van der Waals surface area (Å²) in [5, 5.41) is 17.1. The minimum Gasteiger partial charge on any atom is -0.370 e. The van der Waals surface area contributed by atoms with E-state index in [9.17, 15) is 10.1 Å². The van der Waals surface area contributed by atoms with Crippen molar-refractivity contribution in [3.05, 3.63) is 50.5 Å². The first-order valence-corrected chi connectivity index (χ1v) is 6.90. The lowest BCUT2D eigenvalue weighted by atomic mass is 10.1. The molecule has 0 aliphatic heterocycles. The number of hydrogen-bond acceptors (Lipinski definition) is 5. The highest BCUT2D eigenvalue weighted by molar-refractivity contribution is 7.09. The molecule has 0 aliphatic rings. The Labute approximate surface area is 115 Å². The van der Waals surface area contributed by atoms with E-state index in [1.165, 1.54) is 0 Å². The van der Waals surface area contributed by atoms with Crippen molar-refractivity contribution in [2.75, 3.05) is 5.32 Å². The minimum absolute atomic E-state index is 0.00130. The van der Waals surface area contributed by atoms with Gasteiger partial charge in [0, 0.05) is 17.6 Å². The van der Waals surface area contributed by atoms with Gasteiger partial charge in [-0.2, -0.15) is 0 Å². The van der Waals surface area contributed by atoms with Crippen LogP contribution in [0, 0.1) is 17.0 Å². The average molecular weight is 277 g/mol. The molecule has 2 rings (SSSR count). The zero-order valence-electron chi connectivity index (χ0n) is 10.8. The average Bonchev–Trinajstić information content (AvgIpc) is 2.90. The normalized spacial score (nSPS) is 12.1. The number of hydrogen-bond donors (Lipinski definition) is 1. The number of nitro benzene ring substituents is 1. The Hall–Kier alpha value is -1.95. The molecule has 19 heavy (non-hydrogen) atoms. The Kier molecular flexibility index (Phi) is 4.11. The number of rotatable bonds is 5. The smallest absolute Gasteiger partial charge is 0.292 e. The number of anilines is 1. The van der Waals surface area contributed by atoms with Gasteiger partial charge in [-0.1, -0.05) is 13.0 Å². The minimum atomic E-state index is -0.357. The fourth-order valence-corrected chi connectivity index (χ4v) is 2.62. The molecule has 1 N–H and O–H groups in total. The van der Waals surface area contributed by atoms with Gasteiger partial charge in [-0.3, -0.25) is 10.1 Å². The van der Waals surface area contributed by atoms with Crippen LogP contribution < -0.4 is 5.32 Å². The van der Waals surface area contributed by atoms with Gasteiger partial charge in [0.15, 0.2) is 0 Å². The molecule has 1 aromatic carbocycles. The molecule has 0 saturated heterocycles. The molecule has 0 fully saturated rings. The van der Waals surface area contributed by atoms with Crippen molar-refractivity contribution in [1.29, 1.82) is 0 Å². The van der Waals surface area contributed by atoms with E-state index < -0.39 is 0 Å². The Morgan fingerprint density at radius 2 is 2.32 bits per heavy atom. The highest BCUT2D eigenvalue weighted by atomic mass is 32.1. The second-order valence-corrected chi connectivity index (χ2v) is 5.18. The molecule has 0 aliphatic carbocycles. The predicted octanol–water partition coefficient (Wildman–Crippen LogP) is 3.92. The van der Waals surface area contributed by atoms with Gasteiger partial charge < -0.3 is 5.32 Å². The summed E-state index contributed by atoms with van der Waals surface area (Å²) in [4.78, 5) is 15.0. The van der Waals surface area contributed by atoms with Gasteiger partial charge in [-0.25, -0.2) is 4.98 Å². The van der Waals surface area contributed by atoms with Crippen LogP contribution in [0.3, 0.4) is 0 Å². The summed E-state index contributed by atoms with van der Waals surface area (Å²) in [7, 11) is 0. The van der Waals surface area contributed by atoms with Crippen molar-refractivity contribution >= 4 is 22.7 Å². The van der Waals surface area contributed by atoms with Gasteiger partial charge in [-0.05, 0) is 25.0 Å². The Balaban J connectivity index is 2.29. The molecule has 2 aromatic rings. The second kappa shape index (κ2) is 5.79. The van der Waals surface area contributed by atoms with Gasteiger partial charge in [0.05, 0.1) is 11.0 Å². The Morgan fingerprint density at radius 3 is 2.89 bits per heavy atom. The number of aryl methyl sites for hydroxylation is 1. The van der Waals surface area contributed by atoms with Crippen LogP contribution in [0.15, 0.2) is 29.8 Å². The molecular formula is C13H15N3O2S. The predicted molar refractivity (Wildman–Crippen MR) is 76.6 cm³/mol. The first kappa shape index (κ1) is 13.5. The molecule has 1 unspecified atom stereocenters. The molecule has 5 nitrogen and oxygen atoms in total. The quantitative estimate of drug-likeness (QED) is 0.664. The van der Waals surface area contributed by atoms with E-state index in [0.717, 1.165) is 17.0 Å². The lowest BCUT2D eigenvalue weighted by Gasteiger charge is -2.16. The van der Waals surface area contributed by atoms with Gasteiger partial charge in [0.1, 0.15) is 10.7 Å². The van der Waals surface area contributed by atoms with Crippen LogP contribution >= 0.6 is 11.3 Å². The molecule has 0 bridgehead atoms. The van der Waals surface area contributed by atoms with E-state index in [4.69, 9.17) is 0 Å². The van der Waals surface area contributed by atoms with Crippen LogP contribution in [0.25, 0.3) is 0 Å². The summed E-state index contributed by atoms with van der Waals surface area (Å²) in [5.41, 5.74) is 1.52. The third-order valence-corrected chi connectivity index (χ3v) is 3.73. The molecule has 6 heteroatoms. The van der Waals surface area contributed by atoms with Gasteiger partial charge in [0.25, 0.3) is 5.69 Å². The maximum Gasteiger partial charge on any atom is 0.292 e. The van der Waals surface area contributed by atoms with E-state index in [0.29, 0.717) is 5.69 Å². The second-order valence-electron chi connectivity index (χ2n) is 4.25. The number of thiazole rings is 1. The first-order valence-electron chi connectivity index (χ1n) is 6.02. The summed E-state index contributed by atoms with van der Waals surface area (Å²) in [6.07, 6.45) is 2.56. The van der Waals surface area contributed by atoms with Crippen LogP contribution in [0.4, 0.5) is 11.4 Å². The summed E-state index contributed by atoms with van der Waals surface area (Å²) < 4.78 is 0. The van der Waals surface area contributed by atoms with Crippen LogP contribution in [-0.4, -0.2) is 9.91 Å².